The van der Waals surface area contributed by atoms with Crippen LogP contribution in [0.3, 0.4) is 0 Å². The maximum atomic E-state index is 12.0. The van der Waals surface area contributed by atoms with Crippen molar-refractivity contribution >= 4 is 27.8 Å². The smallest absolute Gasteiger partial charge is 0.310 e. The molecule has 1 aromatic heterocycles. The fourth-order valence-electron chi connectivity index (χ4n) is 2.27. The van der Waals surface area contributed by atoms with E-state index in [1.54, 1.807) is 6.07 Å². The van der Waals surface area contributed by atoms with Gasteiger partial charge in [0, 0.05) is 6.04 Å². The van der Waals surface area contributed by atoms with Crippen LogP contribution in [0.15, 0.2) is 21.4 Å². The molecule has 98 valence electrons. The maximum Gasteiger partial charge on any atom is 0.310 e. The van der Waals surface area contributed by atoms with Gasteiger partial charge < -0.3 is 14.5 Å². The normalized spacial score (nSPS) is 22.8. The summed E-state index contributed by atoms with van der Waals surface area (Å²) in [5, 5.41) is 2.86. The van der Waals surface area contributed by atoms with E-state index in [-0.39, 0.29) is 23.8 Å². The number of halogens is 1. The van der Waals surface area contributed by atoms with Gasteiger partial charge in [0.1, 0.15) is 0 Å². The minimum absolute atomic E-state index is 0.160. The molecule has 0 radical (unpaired) electrons. The summed E-state index contributed by atoms with van der Waals surface area (Å²) in [5.41, 5.74) is 0.436. The van der Waals surface area contributed by atoms with E-state index < -0.39 is 0 Å². The van der Waals surface area contributed by atoms with Gasteiger partial charge in [-0.1, -0.05) is 6.42 Å². The lowest BCUT2D eigenvalue weighted by Crippen LogP contribution is -2.40. The first-order valence-corrected chi connectivity index (χ1v) is 6.54. The van der Waals surface area contributed by atoms with E-state index >= 15 is 0 Å². The number of nitrogens with one attached hydrogen (secondary N) is 1. The zero-order valence-electron chi connectivity index (χ0n) is 9.94. The molecule has 0 spiro atoms. The molecule has 0 aliphatic heterocycles. The van der Waals surface area contributed by atoms with Crippen LogP contribution in [0.25, 0.3) is 0 Å². The molecule has 0 bridgehead atoms. The molecule has 0 unspecified atom stereocenters. The van der Waals surface area contributed by atoms with E-state index in [1.807, 2.05) is 0 Å². The second-order valence-corrected chi connectivity index (χ2v) is 4.97. The Morgan fingerprint density at radius 3 is 2.89 bits per heavy atom. The van der Waals surface area contributed by atoms with Gasteiger partial charge in [-0.05, 0) is 34.8 Å². The Labute approximate surface area is 113 Å². The van der Waals surface area contributed by atoms with Crippen LogP contribution >= 0.6 is 15.9 Å². The summed E-state index contributed by atoms with van der Waals surface area (Å²) in [6.45, 7) is 0. The molecule has 1 amide bonds. The van der Waals surface area contributed by atoms with E-state index in [1.165, 1.54) is 13.4 Å². The van der Waals surface area contributed by atoms with Crippen molar-refractivity contribution in [1.29, 1.82) is 0 Å². The van der Waals surface area contributed by atoms with Crippen LogP contribution in [0.4, 0.5) is 0 Å². The Bertz CT molecular complexity index is 457. The first-order valence-electron chi connectivity index (χ1n) is 5.75. The molecule has 1 saturated carbocycles. The number of esters is 1. The molecule has 1 N–H and O–H groups in total. The predicted octanol–water partition coefficient (Wildman–Crippen LogP) is 2.11. The molecule has 1 heterocycles. The van der Waals surface area contributed by atoms with Crippen molar-refractivity contribution in [3.05, 3.63) is 22.6 Å². The van der Waals surface area contributed by atoms with Gasteiger partial charge in [0.15, 0.2) is 4.67 Å². The Morgan fingerprint density at radius 2 is 2.28 bits per heavy atom. The minimum Gasteiger partial charge on any atom is -0.469 e. The average Bonchev–Trinajstić information content (AvgIpc) is 2.97. The topological polar surface area (TPSA) is 68.5 Å². The number of furan rings is 1. The van der Waals surface area contributed by atoms with Gasteiger partial charge in [0.05, 0.1) is 24.9 Å². The number of carbonyl (C=O) groups excluding carboxylic acids is 2. The molecular weight excluding hydrogens is 302 g/mol. The quantitative estimate of drug-likeness (QED) is 0.867. The van der Waals surface area contributed by atoms with Crippen molar-refractivity contribution in [3.63, 3.8) is 0 Å². The van der Waals surface area contributed by atoms with Crippen LogP contribution < -0.4 is 5.32 Å². The highest BCUT2D eigenvalue weighted by atomic mass is 79.9. The zero-order valence-corrected chi connectivity index (χ0v) is 11.5. The Balaban J connectivity index is 2.03. The van der Waals surface area contributed by atoms with Crippen LogP contribution in [-0.4, -0.2) is 25.0 Å². The molecule has 18 heavy (non-hydrogen) atoms. The van der Waals surface area contributed by atoms with Gasteiger partial charge in [-0.25, -0.2) is 0 Å². The van der Waals surface area contributed by atoms with Crippen molar-refractivity contribution in [2.24, 2.45) is 5.92 Å². The third-order valence-electron chi connectivity index (χ3n) is 3.20. The second kappa shape index (κ2) is 5.56. The largest absolute Gasteiger partial charge is 0.469 e. The first kappa shape index (κ1) is 13.1. The number of carbonyl (C=O) groups is 2. The highest BCUT2D eigenvalue weighted by Gasteiger charge is 2.35. The number of hydrogen-bond donors (Lipinski definition) is 1. The van der Waals surface area contributed by atoms with Crippen molar-refractivity contribution in [2.75, 3.05) is 7.11 Å². The molecule has 1 aliphatic carbocycles. The Morgan fingerprint density at radius 1 is 1.50 bits per heavy atom. The number of hydrogen-bond acceptors (Lipinski definition) is 4. The third kappa shape index (κ3) is 2.58. The minimum atomic E-state index is -0.260. The van der Waals surface area contributed by atoms with Gasteiger partial charge in [0.2, 0.25) is 0 Å². The Hall–Kier alpha value is -1.30. The summed E-state index contributed by atoms with van der Waals surface area (Å²) in [6, 6.07) is 1.42. The van der Waals surface area contributed by atoms with E-state index in [0.717, 1.165) is 19.3 Å². The fraction of sp³-hybridized carbons (Fsp3) is 0.500. The summed E-state index contributed by atoms with van der Waals surface area (Å²) in [7, 11) is 1.37. The van der Waals surface area contributed by atoms with Crippen molar-refractivity contribution in [2.45, 2.75) is 25.3 Å². The summed E-state index contributed by atoms with van der Waals surface area (Å²) in [6.07, 6.45) is 3.90. The molecule has 1 fully saturated rings. The number of ether oxygens (including phenoxy) is 1. The van der Waals surface area contributed by atoms with Crippen LogP contribution in [0, 0.1) is 5.92 Å². The van der Waals surface area contributed by atoms with E-state index in [2.05, 4.69) is 21.2 Å². The molecule has 1 aromatic rings. The van der Waals surface area contributed by atoms with Crippen molar-refractivity contribution < 1.29 is 18.7 Å². The lowest BCUT2D eigenvalue weighted by molar-refractivity contribution is -0.145. The van der Waals surface area contributed by atoms with Gasteiger partial charge in [-0.15, -0.1) is 0 Å². The van der Waals surface area contributed by atoms with Gasteiger partial charge in [-0.2, -0.15) is 0 Å². The van der Waals surface area contributed by atoms with Gasteiger partial charge in [0.25, 0.3) is 5.91 Å². The summed E-state index contributed by atoms with van der Waals surface area (Å²) >= 11 is 3.15. The van der Waals surface area contributed by atoms with Crippen LogP contribution in [-0.2, 0) is 9.53 Å². The fourth-order valence-corrected chi connectivity index (χ4v) is 2.69. The average molecular weight is 316 g/mol. The summed E-state index contributed by atoms with van der Waals surface area (Å²) < 4.78 is 10.1. The predicted molar refractivity (Wildman–Crippen MR) is 67.0 cm³/mol. The lowest BCUT2D eigenvalue weighted by Gasteiger charge is -2.18. The third-order valence-corrected chi connectivity index (χ3v) is 3.81. The zero-order chi connectivity index (χ0) is 13.1. The number of rotatable bonds is 3. The maximum absolute atomic E-state index is 12.0. The van der Waals surface area contributed by atoms with Gasteiger partial charge >= 0.3 is 5.97 Å². The summed E-state index contributed by atoms with van der Waals surface area (Å²) in [5.74, 6) is -0.745. The van der Waals surface area contributed by atoms with Crippen molar-refractivity contribution in [3.8, 4) is 0 Å². The standard InChI is InChI=1S/C12H14BrNO4/c1-17-12(16)7-3-2-4-9(7)14-11(15)8-5-6-18-10(8)13/h5-7,9H,2-4H2,1H3,(H,14,15)/t7-,9-/m0/s1. The highest BCUT2D eigenvalue weighted by molar-refractivity contribution is 9.10. The molecule has 0 aromatic carbocycles. The molecular formula is C12H14BrNO4. The summed E-state index contributed by atoms with van der Waals surface area (Å²) in [4.78, 5) is 23.5. The molecule has 5 nitrogen and oxygen atoms in total. The molecule has 6 heteroatoms. The van der Waals surface area contributed by atoms with Crippen LogP contribution in [0.5, 0.6) is 0 Å². The molecule has 0 saturated heterocycles. The number of methoxy groups -OCH3 is 1. The monoisotopic (exact) mass is 315 g/mol. The first-order chi connectivity index (χ1) is 8.63. The Kier molecular flexibility index (Phi) is 4.06. The van der Waals surface area contributed by atoms with E-state index in [9.17, 15) is 9.59 Å². The van der Waals surface area contributed by atoms with Crippen LogP contribution in [0.1, 0.15) is 29.6 Å². The SMILES string of the molecule is COC(=O)[C@H]1CCC[C@@H]1NC(=O)c1ccoc1Br. The molecule has 1 aliphatic rings. The number of amides is 1. The van der Waals surface area contributed by atoms with Crippen molar-refractivity contribution in [1.82, 2.24) is 5.32 Å². The van der Waals surface area contributed by atoms with Gasteiger partial charge in [-0.3, -0.25) is 9.59 Å². The molecule has 2 atom stereocenters. The lowest BCUT2D eigenvalue weighted by atomic mass is 10.0. The van der Waals surface area contributed by atoms with E-state index in [4.69, 9.17) is 9.15 Å². The molecule has 2 rings (SSSR count). The highest BCUT2D eigenvalue weighted by Crippen LogP contribution is 2.27. The second-order valence-electron chi connectivity index (χ2n) is 4.25. The van der Waals surface area contributed by atoms with E-state index in [0.29, 0.717) is 10.2 Å². The van der Waals surface area contributed by atoms with Crippen LogP contribution in [0.2, 0.25) is 0 Å².